The number of aromatic nitrogens is 2. The number of hydrogen-bond acceptors (Lipinski definition) is 5. The summed E-state index contributed by atoms with van der Waals surface area (Å²) in [6, 6.07) is 0. The molecule has 0 atom stereocenters. The summed E-state index contributed by atoms with van der Waals surface area (Å²) >= 11 is 0. The van der Waals surface area contributed by atoms with Gasteiger partial charge in [-0.1, -0.05) is 5.16 Å². The van der Waals surface area contributed by atoms with E-state index in [0.717, 1.165) is 37.8 Å². The van der Waals surface area contributed by atoms with Gasteiger partial charge in [-0.25, -0.2) is 0 Å². The highest BCUT2D eigenvalue weighted by Gasteiger charge is 2.29. The third kappa shape index (κ3) is 3.00. The predicted octanol–water partition coefficient (Wildman–Crippen LogP) is 0.728. The first-order valence-corrected chi connectivity index (χ1v) is 5.50. The third-order valence-corrected chi connectivity index (χ3v) is 2.57. The molecule has 0 saturated heterocycles. The maximum absolute atomic E-state index is 5.45. The Morgan fingerprint density at radius 3 is 3.00 bits per heavy atom. The second-order valence-corrected chi connectivity index (χ2v) is 4.20. The van der Waals surface area contributed by atoms with Crippen molar-refractivity contribution in [1.29, 1.82) is 0 Å². The number of nitrogens with two attached hydrogens (primary N) is 1. The van der Waals surface area contributed by atoms with E-state index in [2.05, 4.69) is 15.0 Å². The average Bonchev–Trinajstić information content (AvgIpc) is 2.98. The molecule has 1 aromatic heterocycles. The van der Waals surface area contributed by atoms with E-state index in [4.69, 9.17) is 10.3 Å². The minimum atomic E-state index is 0.542. The first kappa shape index (κ1) is 10.6. The molecule has 1 saturated carbocycles. The summed E-state index contributed by atoms with van der Waals surface area (Å²) in [5.74, 6) is 2.15. The Morgan fingerprint density at radius 1 is 1.53 bits per heavy atom. The van der Waals surface area contributed by atoms with Gasteiger partial charge in [-0.15, -0.1) is 0 Å². The average molecular weight is 210 g/mol. The zero-order chi connectivity index (χ0) is 10.7. The fourth-order valence-corrected chi connectivity index (χ4v) is 1.51. The molecular weight excluding hydrogens is 192 g/mol. The monoisotopic (exact) mass is 210 g/mol. The molecule has 5 heteroatoms. The summed E-state index contributed by atoms with van der Waals surface area (Å²) in [7, 11) is 2.04. The van der Waals surface area contributed by atoms with Gasteiger partial charge in [0.05, 0.1) is 6.54 Å². The van der Waals surface area contributed by atoms with Crippen LogP contribution in [-0.4, -0.2) is 35.2 Å². The van der Waals surface area contributed by atoms with E-state index in [-0.39, 0.29) is 0 Å². The van der Waals surface area contributed by atoms with Gasteiger partial charge >= 0.3 is 0 Å². The van der Waals surface area contributed by atoms with Crippen molar-refractivity contribution in [2.24, 2.45) is 5.73 Å². The zero-order valence-electron chi connectivity index (χ0n) is 9.15. The lowest BCUT2D eigenvalue weighted by Gasteiger charge is -2.12. The molecule has 1 aliphatic rings. The van der Waals surface area contributed by atoms with Gasteiger partial charge in [-0.05, 0) is 39.4 Å². The van der Waals surface area contributed by atoms with Gasteiger partial charge in [0.15, 0.2) is 5.82 Å². The molecule has 0 spiro atoms. The SMILES string of the molecule is CN(CCCN)Cc1noc(C2CC2)n1. The Hall–Kier alpha value is -0.940. The number of hydrogen-bond donors (Lipinski definition) is 1. The lowest BCUT2D eigenvalue weighted by molar-refractivity contribution is 0.304. The van der Waals surface area contributed by atoms with Crippen molar-refractivity contribution >= 4 is 0 Å². The van der Waals surface area contributed by atoms with Gasteiger partial charge < -0.3 is 10.3 Å². The van der Waals surface area contributed by atoms with E-state index in [0.29, 0.717) is 5.92 Å². The van der Waals surface area contributed by atoms with Gasteiger partial charge in [0.25, 0.3) is 0 Å². The summed E-state index contributed by atoms with van der Waals surface area (Å²) in [5, 5.41) is 3.97. The standard InChI is InChI=1S/C10H18N4O/c1-14(6-2-5-11)7-9-12-10(15-13-9)8-3-4-8/h8H,2-7,11H2,1H3. The quantitative estimate of drug-likeness (QED) is 0.749. The largest absolute Gasteiger partial charge is 0.339 e. The summed E-state index contributed by atoms with van der Waals surface area (Å²) in [6.45, 7) is 2.45. The molecule has 2 rings (SSSR count). The van der Waals surface area contributed by atoms with Crippen LogP contribution in [0, 0.1) is 0 Å². The first-order chi connectivity index (χ1) is 7.29. The fraction of sp³-hybridized carbons (Fsp3) is 0.800. The molecule has 0 aromatic carbocycles. The molecule has 1 aromatic rings. The van der Waals surface area contributed by atoms with Gasteiger partial charge in [-0.3, -0.25) is 4.90 Å². The van der Waals surface area contributed by atoms with Crippen molar-refractivity contribution in [1.82, 2.24) is 15.0 Å². The van der Waals surface area contributed by atoms with Crippen molar-refractivity contribution in [3.8, 4) is 0 Å². The molecule has 1 fully saturated rings. The molecule has 0 aliphatic heterocycles. The normalized spacial score (nSPS) is 16.2. The van der Waals surface area contributed by atoms with Crippen LogP contribution in [0.2, 0.25) is 0 Å². The van der Waals surface area contributed by atoms with E-state index in [1.807, 2.05) is 7.05 Å². The number of rotatable bonds is 6. The summed E-state index contributed by atoms with van der Waals surface area (Å²) in [4.78, 5) is 6.53. The summed E-state index contributed by atoms with van der Waals surface area (Å²) in [5.41, 5.74) is 5.45. The minimum Gasteiger partial charge on any atom is -0.339 e. The Kier molecular flexibility index (Phi) is 3.33. The van der Waals surface area contributed by atoms with Crippen LogP contribution >= 0.6 is 0 Å². The molecule has 1 heterocycles. The predicted molar refractivity (Wildman–Crippen MR) is 56.3 cm³/mol. The highest BCUT2D eigenvalue weighted by Crippen LogP contribution is 2.38. The van der Waals surface area contributed by atoms with Gasteiger partial charge in [0, 0.05) is 5.92 Å². The van der Waals surface area contributed by atoms with E-state index in [1.54, 1.807) is 0 Å². The topological polar surface area (TPSA) is 68.2 Å². The molecule has 15 heavy (non-hydrogen) atoms. The molecule has 0 unspecified atom stereocenters. The van der Waals surface area contributed by atoms with Crippen LogP contribution in [0.4, 0.5) is 0 Å². The minimum absolute atomic E-state index is 0.542. The first-order valence-electron chi connectivity index (χ1n) is 5.50. The van der Waals surface area contributed by atoms with E-state index >= 15 is 0 Å². The molecule has 0 bridgehead atoms. The Morgan fingerprint density at radius 2 is 2.33 bits per heavy atom. The second-order valence-electron chi connectivity index (χ2n) is 4.20. The highest BCUT2D eigenvalue weighted by molar-refractivity contribution is 5.01. The lowest BCUT2D eigenvalue weighted by Crippen LogP contribution is -2.21. The van der Waals surface area contributed by atoms with Crippen LogP contribution in [0.25, 0.3) is 0 Å². The molecule has 1 aliphatic carbocycles. The Bertz CT molecular complexity index is 308. The highest BCUT2D eigenvalue weighted by atomic mass is 16.5. The van der Waals surface area contributed by atoms with E-state index < -0.39 is 0 Å². The van der Waals surface area contributed by atoms with Crippen LogP contribution in [0.3, 0.4) is 0 Å². The van der Waals surface area contributed by atoms with Gasteiger partial charge in [0.1, 0.15) is 0 Å². The van der Waals surface area contributed by atoms with E-state index in [1.165, 1.54) is 12.8 Å². The van der Waals surface area contributed by atoms with Crippen molar-refractivity contribution in [3.05, 3.63) is 11.7 Å². The Labute approximate surface area is 89.6 Å². The maximum atomic E-state index is 5.45. The Balaban J connectivity index is 1.81. The maximum Gasteiger partial charge on any atom is 0.229 e. The van der Waals surface area contributed by atoms with Crippen LogP contribution in [-0.2, 0) is 6.54 Å². The van der Waals surface area contributed by atoms with Crippen LogP contribution in [0.1, 0.15) is 36.9 Å². The molecule has 84 valence electrons. The molecule has 0 radical (unpaired) electrons. The summed E-state index contributed by atoms with van der Waals surface area (Å²) in [6.07, 6.45) is 3.40. The lowest BCUT2D eigenvalue weighted by atomic mass is 10.4. The number of nitrogens with zero attached hydrogens (tertiary/aromatic N) is 3. The zero-order valence-corrected chi connectivity index (χ0v) is 9.15. The van der Waals surface area contributed by atoms with E-state index in [9.17, 15) is 0 Å². The van der Waals surface area contributed by atoms with Crippen molar-refractivity contribution in [2.75, 3.05) is 20.1 Å². The van der Waals surface area contributed by atoms with Crippen molar-refractivity contribution in [2.45, 2.75) is 31.7 Å². The van der Waals surface area contributed by atoms with Crippen LogP contribution in [0.15, 0.2) is 4.52 Å². The van der Waals surface area contributed by atoms with Crippen molar-refractivity contribution < 1.29 is 4.52 Å². The van der Waals surface area contributed by atoms with Crippen molar-refractivity contribution in [3.63, 3.8) is 0 Å². The molecule has 5 nitrogen and oxygen atoms in total. The molecule has 0 amide bonds. The second kappa shape index (κ2) is 4.72. The molecule has 2 N–H and O–H groups in total. The smallest absolute Gasteiger partial charge is 0.229 e. The fourth-order valence-electron chi connectivity index (χ4n) is 1.51. The summed E-state index contributed by atoms with van der Waals surface area (Å²) < 4.78 is 5.18. The van der Waals surface area contributed by atoms with Crippen LogP contribution in [0.5, 0.6) is 0 Å². The third-order valence-electron chi connectivity index (χ3n) is 2.57. The van der Waals surface area contributed by atoms with Gasteiger partial charge in [0.2, 0.25) is 5.89 Å². The van der Waals surface area contributed by atoms with Crippen LogP contribution < -0.4 is 5.73 Å². The molecular formula is C10H18N4O. The van der Waals surface area contributed by atoms with Gasteiger partial charge in [-0.2, -0.15) is 4.98 Å².